The number of hydrogen-bond acceptors (Lipinski definition) is 1. The molecule has 0 fully saturated rings. The predicted molar refractivity (Wildman–Crippen MR) is 65.1 cm³/mol. The Labute approximate surface area is 94.8 Å². The normalized spacial score (nSPS) is 13.2. The van der Waals surface area contributed by atoms with Gasteiger partial charge in [-0.05, 0) is 36.5 Å². The predicted octanol–water partition coefficient (Wildman–Crippen LogP) is 3.89. The molecule has 0 amide bonds. The van der Waals surface area contributed by atoms with Crippen LogP contribution >= 0.6 is 15.9 Å². The van der Waals surface area contributed by atoms with Gasteiger partial charge in [0.1, 0.15) is 0 Å². The van der Waals surface area contributed by atoms with Crippen LogP contribution in [0.3, 0.4) is 0 Å². The van der Waals surface area contributed by atoms with Gasteiger partial charge in [0.15, 0.2) is 0 Å². The molecule has 78 valence electrons. The molecule has 0 aliphatic heterocycles. The second kappa shape index (κ2) is 5.52. The van der Waals surface area contributed by atoms with Gasteiger partial charge < -0.3 is 5.73 Å². The molecule has 1 nitrogen and oxygen atoms in total. The smallest absolute Gasteiger partial charge is 0.0294 e. The van der Waals surface area contributed by atoms with Gasteiger partial charge in [-0.3, -0.25) is 0 Å². The van der Waals surface area contributed by atoms with Crippen molar-refractivity contribution < 1.29 is 0 Å². The van der Waals surface area contributed by atoms with E-state index in [4.69, 9.17) is 5.73 Å². The van der Waals surface area contributed by atoms with Gasteiger partial charge in [0.25, 0.3) is 0 Å². The van der Waals surface area contributed by atoms with Gasteiger partial charge in [-0.25, -0.2) is 0 Å². The van der Waals surface area contributed by atoms with Crippen LogP contribution < -0.4 is 5.73 Å². The van der Waals surface area contributed by atoms with Crippen LogP contribution in [0.15, 0.2) is 28.7 Å². The molecule has 0 saturated carbocycles. The van der Waals surface area contributed by atoms with Crippen LogP contribution in [0.5, 0.6) is 0 Å². The SMILES string of the molecule is CC(C)CC[C@H](N)c1ccc(Br)cc1. The molecule has 0 radical (unpaired) electrons. The summed E-state index contributed by atoms with van der Waals surface area (Å²) in [5, 5.41) is 0. The Morgan fingerprint density at radius 3 is 2.21 bits per heavy atom. The van der Waals surface area contributed by atoms with E-state index in [0.29, 0.717) is 0 Å². The van der Waals surface area contributed by atoms with Crippen LogP contribution in [0.25, 0.3) is 0 Å². The Bertz CT molecular complexity index is 266. The fourth-order valence-electron chi connectivity index (χ4n) is 1.39. The van der Waals surface area contributed by atoms with Crippen molar-refractivity contribution in [3.05, 3.63) is 34.3 Å². The van der Waals surface area contributed by atoms with Crippen LogP contribution in [0.1, 0.15) is 38.3 Å². The zero-order valence-corrected chi connectivity index (χ0v) is 10.4. The lowest BCUT2D eigenvalue weighted by atomic mass is 9.98. The second-order valence-electron chi connectivity index (χ2n) is 4.13. The summed E-state index contributed by atoms with van der Waals surface area (Å²) in [5.74, 6) is 0.733. The molecule has 2 N–H and O–H groups in total. The van der Waals surface area contributed by atoms with E-state index in [-0.39, 0.29) is 6.04 Å². The quantitative estimate of drug-likeness (QED) is 0.869. The topological polar surface area (TPSA) is 26.0 Å². The summed E-state index contributed by atoms with van der Waals surface area (Å²) in [6.07, 6.45) is 2.26. The van der Waals surface area contributed by atoms with Gasteiger partial charge in [-0.2, -0.15) is 0 Å². The summed E-state index contributed by atoms with van der Waals surface area (Å²) in [5.41, 5.74) is 7.31. The molecule has 14 heavy (non-hydrogen) atoms. The van der Waals surface area contributed by atoms with E-state index in [1.54, 1.807) is 0 Å². The van der Waals surface area contributed by atoms with E-state index in [2.05, 4.69) is 41.9 Å². The summed E-state index contributed by atoms with van der Waals surface area (Å²) in [6.45, 7) is 4.46. The molecule has 0 spiro atoms. The molecule has 1 atom stereocenters. The molecule has 1 aromatic carbocycles. The highest BCUT2D eigenvalue weighted by Crippen LogP contribution is 2.20. The van der Waals surface area contributed by atoms with E-state index in [0.717, 1.165) is 16.8 Å². The molecule has 1 aromatic rings. The monoisotopic (exact) mass is 255 g/mol. The number of nitrogens with two attached hydrogens (primary N) is 1. The van der Waals surface area contributed by atoms with Crippen molar-refractivity contribution in [3.8, 4) is 0 Å². The number of benzene rings is 1. The Morgan fingerprint density at radius 2 is 1.71 bits per heavy atom. The van der Waals surface area contributed by atoms with Crippen molar-refractivity contribution in [2.45, 2.75) is 32.7 Å². The second-order valence-corrected chi connectivity index (χ2v) is 5.04. The van der Waals surface area contributed by atoms with Crippen LogP contribution in [0, 0.1) is 5.92 Å². The first-order valence-electron chi connectivity index (χ1n) is 5.10. The highest BCUT2D eigenvalue weighted by atomic mass is 79.9. The molecule has 0 aliphatic rings. The molecule has 0 aromatic heterocycles. The standard InChI is InChI=1S/C12H18BrN/c1-9(2)3-8-12(14)10-4-6-11(13)7-5-10/h4-7,9,12H,3,8,14H2,1-2H3/t12-/m0/s1. The zero-order valence-electron chi connectivity index (χ0n) is 8.83. The summed E-state index contributed by atoms with van der Waals surface area (Å²) >= 11 is 3.42. The lowest BCUT2D eigenvalue weighted by Gasteiger charge is -2.13. The Hall–Kier alpha value is -0.340. The average molecular weight is 256 g/mol. The van der Waals surface area contributed by atoms with Gasteiger partial charge in [-0.15, -0.1) is 0 Å². The average Bonchev–Trinajstić information content (AvgIpc) is 2.15. The van der Waals surface area contributed by atoms with E-state index < -0.39 is 0 Å². The number of halogens is 1. The maximum absolute atomic E-state index is 6.08. The minimum Gasteiger partial charge on any atom is -0.324 e. The maximum Gasteiger partial charge on any atom is 0.0294 e. The summed E-state index contributed by atoms with van der Waals surface area (Å²) in [6, 6.07) is 8.46. The summed E-state index contributed by atoms with van der Waals surface area (Å²) in [7, 11) is 0. The fraction of sp³-hybridized carbons (Fsp3) is 0.500. The van der Waals surface area contributed by atoms with Crippen LogP contribution in [0.4, 0.5) is 0 Å². The Balaban J connectivity index is 2.52. The van der Waals surface area contributed by atoms with Gasteiger partial charge >= 0.3 is 0 Å². The summed E-state index contributed by atoms with van der Waals surface area (Å²) in [4.78, 5) is 0. The Morgan fingerprint density at radius 1 is 1.14 bits per heavy atom. The molecule has 0 aliphatic carbocycles. The lowest BCUT2D eigenvalue weighted by Crippen LogP contribution is -2.10. The first-order valence-corrected chi connectivity index (χ1v) is 5.90. The van der Waals surface area contributed by atoms with Crippen molar-refractivity contribution in [3.63, 3.8) is 0 Å². The van der Waals surface area contributed by atoms with Crippen molar-refractivity contribution in [1.29, 1.82) is 0 Å². The van der Waals surface area contributed by atoms with Crippen LogP contribution in [-0.4, -0.2) is 0 Å². The van der Waals surface area contributed by atoms with Crippen LogP contribution in [-0.2, 0) is 0 Å². The first kappa shape index (κ1) is 11.7. The van der Waals surface area contributed by atoms with Crippen molar-refractivity contribution in [1.82, 2.24) is 0 Å². The van der Waals surface area contributed by atoms with Gasteiger partial charge in [0.05, 0.1) is 0 Å². The van der Waals surface area contributed by atoms with Gasteiger partial charge in [0.2, 0.25) is 0 Å². The third-order valence-corrected chi connectivity index (χ3v) is 2.88. The Kier molecular flexibility index (Phi) is 4.63. The van der Waals surface area contributed by atoms with E-state index in [1.807, 2.05) is 12.1 Å². The highest BCUT2D eigenvalue weighted by molar-refractivity contribution is 9.10. The van der Waals surface area contributed by atoms with Crippen LogP contribution in [0.2, 0.25) is 0 Å². The minimum absolute atomic E-state index is 0.186. The molecule has 0 bridgehead atoms. The van der Waals surface area contributed by atoms with Gasteiger partial charge in [-0.1, -0.05) is 41.9 Å². The van der Waals surface area contributed by atoms with E-state index >= 15 is 0 Å². The minimum atomic E-state index is 0.186. The van der Waals surface area contributed by atoms with Gasteiger partial charge in [0, 0.05) is 10.5 Å². The number of hydrogen-bond donors (Lipinski definition) is 1. The zero-order chi connectivity index (χ0) is 10.6. The molecule has 0 heterocycles. The lowest BCUT2D eigenvalue weighted by molar-refractivity contribution is 0.507. The molecular weight excluding hydrogens is 238 g/mol. The largest absolute Gasteiger partial charge is 0.324 e. The first-order chi connectivity index (χ1) is 6.59. The van der Waals surface area contributed by atoms with Crippen molar-refractivity contribution >= 4 is 15.9 Å². The molecule has 2 heteroatoms. The molecule has 1 rings (SSSR count). The maximum atomic E-state index is 6.08. The van der Waals surface area contributed by atoms with Crippen molar-refractivity contribution in [2.24, 2.45) is 11.7 Å². The van der Waals surface area contributed by atoms with Crippen molar-refractivity contribution in [2.75, 3.05) is 0 Å². The molecule has 0 unspecified atom stereocenters. The molecule has 0 saturated heterocycles. The third-order valence-electron chi connectivity index (χ3n) is 2.35. The summed E-state index contributed by atoms with van der Waals surface area (Å²) < 4.78 is 1.11. The van der Waals surface area contributed by atoms with E-state index in [9.17, 15) is 0 Å². The highest BCUT2D eigenvalue weighted by Gasteiger charge is 2.06. The molecular formula is C12H18BrN. The third kappa shape index (κ3) is 3.81. The fourth-order valence-corrected chi connectivity index (χ4v) is 1.65. The van der Waals surface area contributed by atoms with E-state index in [1.165, 1.54) is 12.0 Å². The number of rotatable bonds is 4.